The quantitative estimate of drug-likeness (QED) is 0.407. The van der Waals surface area contributed by atoms with E-state index >= 15 is 0 Å². The van der Waals surface area contributed by atoms with Crippen molar-refractivity contribution in [3.05, 3.63) is 64.7 Å². The fourth-order valence-corrected chi connectivity index (χ4v) is 5.59. The van der Waals surface area contributed by atoms with Crippen molar-refractivity contribution in [2.75, 3.05) is 14.2 Å². The van der Waals surface area contributed by atoms with E-state index in [2.05, 4.69) is 0 Å². The van der Waals surface area contributed by atoms with Gasteiger partial charge in [-0.25, -0.2) is 8.42 Å². The predicted octanol–water partition coefficient (Wildman–Crippen LogP) is 4.86. The molecule has 0 spiro atoms. The standard InChI is InChI=1S/C26H28O6S/c1-26(2)14-13-21-24(31-4)12-9-20(25(21)32-26)22(27)10-5-17-6-11-23(30-3)18(15-17)16-33(28,29)19-7-8-19/h5-6,9-15,19H,7-8,16H2,1-4H3/b10-5+. The van der Waals surface area contributed by atoms with Crippen LogP contribution in [0.1, 0.15) is 53.7 Å². The van der Waals surface area contributed by atoms with E-state index in [4.69, 9.17) is 14.2 Å². The zero-order valence-electron chi connectivity index (χ0n) is 19.3. The topological polar surface area (TPSA) is 78.9 Å². The lowest BCUT2D eigenvalue weighted by molar-refractivity contribution is 0.103. The number of hydrogen-bond donors (Lipinski definition) is 0. The maximum atomic E-state index is 13.1. The number of ether oxygens (including phenoxy) is 3. The van der Waals surface area contributed by atoms with Crippen LogP contribution in [0.25, 0.3) is 12.2 Å². The SMILES string of the molecule is COc1ccc(/C=C/C(=O)c2ccc(OC)c3c2OC(C)(C)C=C3)cc1CS(=O)(=O)C1CC1. The molecule has 0 amide bonds. The van der Waals surface area contributed by atoms with Crippen LogP contribution in [0, 0.1) is 0 Å². The van der Waals surface area contributed by atoms with Crippen molar-refractivity contribution in [3.63, 3.8) is 0 Å². The zero-order valence-corrected chi connectivity index (χ0v) is 20.1. The van der Waals surface area contributed by atoms with E-state index in [0.717, 1.165) is 18.4 Å². The molecule has 7 heteroatoms. The number of allylic oxidation sites excluding steroid dienone is 1. The molecule has 0 saturated heterocycles. The van der Waals surface area contributed by atoms with Gasteiger partial charge in [-0.1, -0.05) is 12.1 Å². The van der Waals surface area contributed by atoms with Crippen LogP contribution < -0.4 is 14.2 Å². The summed E-state index contributed by atoms with van der Waals surface area (Å²) in [6.07, 6.45) is 8.43. The molecule has 1 aliphatic carbocycles. The first-order chi connectivity index (χ1) is 15.6. The van der Waals surface area contributed by atoms with Crippen molar-refractivity contribution < 1.29 is 27.4 Å². The van der Waals surface area contributed by atoms with Gasteiger partial charge in [0.1, 0.15) is 22.8 Å². The highest BCUT2D eigenvalue weighted by Gasteiger charge is 2.36. The summed E-state index contributed by atoms with van der Waals surface area (Å²) in [5.74, 6) is 1.35. The number of hydrogen-bond acceptors (Lipinski definition) is 6. The minimum Gasteiger partial charge on any atom is -0.496 e. The number of benzene rings is 2. The van der Waals surface area contributed by atoms with E-state index < -0.39 is 15.4 Å². The molecular formula is C26H28O6S. The lowest BCUT2D eigenvalue weighted by Crippen LogP contribution is -2.28. The molecule has 1 saturated carbocycles. The van der Waals surface area contributed by atoms with Gasteiger partial charge in [-0.05, 0) is 74.7 Å². The van der Waals surface area contributed by atoms with Gasteiger partial charge in [-0.2, -0.15) is 0 Å². The predicted molar refractivity (Wildman–Crippen MR) is 129 cm³/mol. The third-order valence-electron chi connectivity index (χ3n) is 5.78. The van der Waals surface area contributed by atoms with E-state index in [1.165, 1.54) is 13.2 Å². The fourth-order valence-electron chi connectivity index (χ4n) is 3.84. The largest absolute Gasteiger partial charge is 0.496 e. The molecule has 0 N–H and O–H groups in total. The van der Waals surface area contributed by atoms with Crippen LogP contribution in [0.15, 0.2) is 42.5 Å². The second kappa shape index (κ2) is 8.71. The molecule has 0 bridgehead atoms. The van der Waals surface area contributed by atoms with Crippen LogP contribution in [-0.2, 0) is 15.6 Å². The lowest BCUT2D eigenvalue weighted by atomic mass is 9.97. The summed E-state index contributed by atoms with van der Waals surface area (Å²) in [6.45, 7) is 3.84. The normalized spacial score (nSPS) is 16.8. The van der Waals surface area contributed by atoms with Crippen LogP contribution in [0.5, 0.6) is 17.2 Å². The summed E-state index contributed by atoms with van der Waals surface area (Å²) in [7, 11) is -0.101. The Morgan fingerprint density at radius 1 is 1.12 bits per heavy atom. The molecule has 0 aromatic heterocycles. The Bertz CT molecular complexity index is 1250. The first-order valence-electron chi connectivity index (χ1n) is 10.8. The molecule has 1 fully saturated rings. The van der Waals surface area contributed by atoms with Crippen LogP contribution in [0.2, 0.25) is 0 Å². The molecule has 2 aromatic rings. The molecule has 2 aliphatic rings. The summed E-state index contributed by atoms with van der Waals surface area (Å²) in [4.78, 5) is 13.1. The molecule has 0 atom stereocenters. The first kappa shape index (κ1) is 23.1. The Morgan fingerprint density at radius 3 is 2.48 bits per heavy atom. The van der Waals surface area contributed by atoms with E-state index in [1.54, 1.807) is 43.5 Å². The fraction of sp³-hybridized carbons (Fsp3) is 0.346. The maximum absolute atomic E-state index is 13.1. The molecule has 6 nitrogen and oxygen atoms in total. The summed E-state index contributed by atoms with van der Waals surface area (Å²) in [5, 5.41) is -0.248. The Labute approximate surface area is 194 Å². The van der Waals surface area contributed by atoms with Crippen molar-refractivity contribution in [2.45, 2.75) is 43.3 Å². The lowest BCUT2D eigenvalue weighted by Gasteiger charge is -2.29. The molecular weight excluding hydrogens is 440 g/mol. The zero-order chi connectivity index (χ0) is 23.8. The monoisotopic (exact) mass is 468 g/mol. The van der Waals surface area contributed by atoms with Crippen molar-refractivity contribution in [3.8, 4) is 17.2 Å². The average molecular weight is 469 g/mol. The van der Waals surface area contributed by atoms with Crippen molar-refractivity contribution in [2.24, 2.45) is 0 Å². The van der Waals surface area contributed by atoms with E-state index in [-0.39, 0.29) is 16.8 Å². The molecule has 2 aromatic carbocycles. The Morgan fingerprint density at radius 2 is 1.82 bits per heavy atom. The summed E-state index contributed by atoms with van der Waals surface area (Å²) < 4.78 is 41.8. The second-order valence-corrected chi connectivity index (χ2v) is 11.2. The second-order valence-electron chi connectivity index (χ2n) is 8.87. The van der Waals surface area contributed by atoms with Crippen LogP contribution in [-0.4, -0.2) is 39.3 Å². The molecule has 4 rings (SSSR count). The Hall–Kier alpha value is -3.06. The molecule has 174 valence electrons. The molecule has 0 radical (unpaired) electrons. The number of carbonyl (C=O) groups excluding carboxylic acids is 1. The van der Waals surface area contributed by atoms with Gasteiger partial charge in [0.25, 0.3) is 0 Å². The summed E-state index contributed by atoms with van der Waals surface area (Å²) >= 11 is 0. The van der Waals surface area contributed by atoms with Crippen molar-refractivity contribution in [1.82, 2.24) is 0 Å². The number of methoxy groups -OCH3 is 2. The highest BCUT2D eigenvalue weighted by molar-refractivity contribution is 7.91. The third-order valence-corrected chi connectivity index (χ3v) is 7.98. The number of rotatable bonds is 8. The highest BCUT2D eigenvalue weighted by atomic mass is 32.2. The van der Waals surface area contributed by atoms with E-state index in [9.17, 15) is 13.2 Å². The third kappa shape index (κ3) is 4.98. The van der Waals surface area contributed by atoms with Crippen LogP contribution in [0.3, 0.4) is 0 Å². The smallest absolute Gasteiger partial charge is 0.189 e. The summed E-state index contributed by atoms with van der Waals surface area (Å²) in [6, 6.07) is 8.73. The average Bonchev–Trinajstić information content (AvgIpc) is 3.62. The van der Waals surface area contributed by atoms with Gasteiger partial charge in [-0.3, -0.25) is 4.79 Å². The van der Waals surface area contributed by atoms with Gasteiger partial charge in [0.15, 0.2) is 15.6 Å². The van der Waals surface area contributed by atoms with Gasteiger partial charge >= 0.3 is 0 Å². The van der Waals surface area contributed by atoms with Crippen molar-refractivity contribution in [1.29, 1.82) is 0 Å². The molecule has 1 heterocycles. The van der Waals surface area contributed by atoms with Gasteiger partial charge in [0, 0.05) is 5.56 Å². The maximum Gasteiger partial charge on any atom is 0.189 e. The molecule has 0 unspecified atom stereocenters. The van der Waals surface area contributed by atoms with Crippen LogP contribution in [0.4, 0.5) is 0 Å². The number of carbonyl (C=O) groups is 1. The number of fused-ring (bicyclic) bond motifs is 1. The van der Waals surface area contributed by atoms with Gasteiger partial charge in [0.2, 0.25) is 0 Å². The molecule has 33 heavy (non-hydrogen) atoms. The number of sulfone groups is 1. The number of ketones is 1. The van der Waals surface area contributed by atoms with Gasteiger partial charge < -0.3 is 14.2 Å². The van der Waals surface area contributed by atoms with Crippen LogP contribution >= 0.6 is 0 Å². The Balaban J connectivity index is 1.62. The van der Waals surface area contributed by atoms with Gasteiger partial charge in [-0.15, -0.1) is 0 Å². The highest BCUT2D eigenvalue weighted by Crippen LogP contribution is 2.40. The Kier molecular flexibility index (Phi) is 6.10. The van der Waals surface area contributed by atoms with Crippen molar-refractivity contribution >= 4 is 27.8 Å². The van der Waals surface area contributed by atoms with E-state index in [1.807, 2.05) is 26.0 Å². The minimum atomic E-state index is -3.20. The molecule has 1 aliphatic heterocycles. The van der Waals surface area contributed by atoms with Gasteiger partial charge in [0.05, 0.1) is 36.3 Å². The first-order valence-corrected chi connectivity index (χ1v) is 12.6. The minimum absolute atomic E-state index is 0.0717. The van der Waals surface area contributed by atoms with E-state index in [0.29, 0.717) is 33.9 Å². The summed E-state index contributed by atoms with van der Waals surface area (Å²) in [5.41, 5.74) is 1.93.